The van der Waals surface area contributed by atoms with Crippen LogP contribution in [0.3, 0.4) is 0 Å². The number of carboxylic acid groups (broad SMARTS) is 1. The summed E-state index contributed by atoms with van der Waals surface area (Å²) < 4.78 is 0. The minimum Gasteiger partial charge on any atom is -0.480 e. The van der Waals surface area contributed by atoms with E-state index in [1.54, 1.807) is 31.2 Å². The summed E-state index contributed by atoms with van der Waals surface area (Å²) in [5.74, 6) is -0.983. The van der Waals surface area contributed by atoms with Gasteiger partial charge in [-0.25, -0.2) is 9.59 Å². The van der Waals surface area contributed by atoms with Crippen molar-refractivity contribution in [2.75, 3.05) is 0 Å². The van der Waals surface area contributed by atoms with Crippen LogP contribution in [0.15, 0.2) is 24.3 Å². The van der Waals surface area contributed by atoms with Gasteiger partial charge in [0.25, 0.3) is 0 Å². The molecule has 1 aliphatic rings. The lowest BCUT2D eigenvalue weighted by Gasteiger charge is -2.26. The van der Waals surface area contributed by atoms with Gasteiger partial charge in [-0.3, -0.25) is 0 Å². The molecule has 6 heteroatoms. The molecule has 0 bridgehead atoms. The van der Waals surface area contributed by atoms with Crippen LogP contribution in [-0.2, 0) is 11.3 Å². The lowest BCUT2D eigenvalue weighted by molar-refractivity contribution is -0.144. The Balaban J connectivity index is 1.88. The van der Waals surface area contributed by atoms with Gasteiger partial charge in [0.1, 0.15) is 5.54 Å². The number of nitrogens with one attached hydrogen (secondary N) is 2. The van der Waals surface area contributed by atoms with E-state index in [-0.39, 0.29) is 5.92 Å². The first-order valence-electron chi connectivity index (χ1n) is 6.45. The molecule has 1 aromatic carbocycles. The third-order valence-electron chi connectivity index (χ3n) is 3.58. The number of carbonyl (C=O) groups is 2. The number of carboxylic acids is 1. The molecule has 0 aromatic heterocycles. The Morgan fingerprint density at radius 1 is 1.35 bits per heavy atom. The highest BCUT2D eigenvalue weighted by molar-refractivity contribution is 6.30. The van der Waals surface area contributed by atoms with Gasteiger partial charge in [0, 0.05) is 11.6 Å². The number of aliphatic carboxylic acids is 1. The Labute approximate surface area is 122 Å². The minimum atomic E-state index is -1.19. The SMILES string of the molecule is CC(NC(=O)NCc1ccc(Cl)cc1)(C(=O)O)C1CC1. The second kappa shape index (κ2) is 5.71. The van der Waals surface area contributed by atoms with Gasteiger partial charge in [-0.1, -0.05) is 23.7 Å². The van der Waals surface area contributed by atoms with Crippen LogP contribution in [-0.4, -0.2) is 22.6 Å². The standard InChI is InChI=1S/C14H17ClN2O3/c1-14(12(18)19,10-4-5-10)17-13(20)16-8-9-2-6-11(15)7-3-9/h2-3,6-7,10H,4-5,8H2,1H3,(H,18,19)(H2,16,17,20). The summed E-state index contributed by atoms with van der Waals surface area (Å²) in [7, 11) is 0. The van der Waals surface area contributed by atoms with E-state index in [9.17, 15) is 14.7 Å². The normalized spacial score (nSPS) is 17.1. The van der Waals surface area contributed by atoms with E-state index in [0.29, 0.717) is 11.6 Å². The van der Waals surface area contributed by atoms with Crippen molar-refractivity contribution in [3.05, 3.63) is 34.9 Å². The fourth-order valence-corrected chi connectivity index (χ4v) is 2.18. The average Bonchev–Trinajstić information content (AvgIpc) is 3.22. The zero-order valence-corrected chi connectivity index (χ0v) is 11.9. The van der Waals surface area contributed by atoms with Crippen molar-refractivity contribution in [1.82, 2.24) is 10.6 Å². The Bertz CT molecular complexity index is 514. The zero-order chi connectivity index (χ0) is 14.8. The minimum absolute atomic E-state index is 0.0151. The lowest BCUT2D eigenvalue weighted by Crippen LogP contribution is -2.56. The summed E-state index contributed by atoms with van der Waals surface area (Å²) in [6.45, 7) is 1.87. The smallest absolute Gasteiger partial charge is 0.329 e. The Kier molecular flexibility index (Phi) is 4.18. The molecule has 1 unspecified atom stereocenters. The molecule has 0 spiro atoms. The monoisotopic (exact) mass is 296 g/mol. The van der Waals surface area contributed by atoms with E-state index in [4.69, 9.17) is 11.6 Å². The Hall–Kier alpha value is -1.75. The molecule has 0 saturated heterocycles. The van der Waals surface area contributed by atoms with Gasteiger partial charge >= 0.3 is 12.0 Å². The maximum absolute atomic E-state index is 11.8. The number of benzene rings is 1. The van der Waals surface area contributed by atoms with E-state index in [0.717, 1.165) is 18.4 Å². The first-order chi connectivity index (χ1) is 9.41. The zero-order valence-electron chi connectivity index (χ0n) is 11.1. The summed E-state index contributed by atoms with van der Waals surface area (Å²) in [6.07, 6.45) is 1.67. The summed E-state index contributed by atoms with van der Waals surface area (Å²) in [4.78, 5) is 23.1. The summed E-state index contributed by atoms with van der Waals surface area (Å²) in [5.41, 5.74) is -0.294. The van der Waals surface area contributed by atoms with Crippen LogP contribution < -0.4 is 10.6 Å². The second-order valence-electron chi connectivity index (χ2n) is 5.22. The van der Waals surface area contributed by atoms with Crippen molar-refractivity contribution in [1.29, 1.82) is 0 Å². The highest BCUT2D eigenvalue weighted by Gasteiger charge is 2.48. The van der Waals surface area contributed by atoms with Gasteiger partial charge in [0.15, 0.2) is 0 Å². The molecule has 2 amide bonds. The third kappa shape index (κ3) is 3.42. The molecule has 1 saturated carbocycles. The molecule has 108 valence electrons. The predicted molar refractivity (Wildman–Crippen MR) is 75.6 cm³/mol. The molecule has 1 aliphatic carbocycles. The van der Waals surface area contributed by atoms with Gasteiger partial charge in [0.05, 0.1) is 0 Å². The average molecular weight is 297 g/mol. The molecule has 5 nitrogen and oxygen atoms in total. The maximum Gasteiger partial charge on any atom is 0.329 e. The van der Waals surface area contributed by atoms with Crippen molar-refractivity contribution in [2.24, 2.45) is 5.92 Å². The van der Waals surface area contributed by atoms with Crippen molar-refractivity contribution < 1.29 is 14.7 Å². The van der Waals surface area contributed by atoms with Crippen LogP contribution in [0, 0.1) is 5.92 Å². The van der Waals surface area contributed by atoms with Crippen molar-refractivity contribution >= 4 is 23.6 Å². The molecular formula is C14H17ClN2O3. The van der Waals surface area contributed by atoms with Crippen LogP contribution in [0.2, 0.25) is 5.02 Å². The summed E-state index contributed by atoms with van der Waals surface area (Å²) >= 11 is 5.77. The summed E-state index contributed by atoms with van der Waals surface area (Å²) in [6, 6.07) is 6.61. The van der Waals surface area contributed by atoms with Crippen LogP contribution in [0.5, 0.6) is 0 Å². The molecule has 2 rings (SSSR count). The van der Waals surface area contributed by atoms with Gasteiger partial charge in [-0.15, -0.1) is 0 Å². The largest absolute Gasteiger partial charge is 0.480 e. The molecule has 1 fully saturated rings. The lowest BCUT2D eigenvalue weighted by atomic mass is 9.96. The van der Waals surface area contributed by atoms with E-state index < -0.39 is 17.5 Å². The first-order valence-corrected chi connectivity index (χ1v) is 6.83. The van der Waals surface area contributed by atoms with Crippen LogP contribution in [0.4, 0.5) is 4.79 Å². The third-order valence-corrected chi connectivity index (χ3v) is 3.83. The van der Waals surface area contributed by atoms with Crippen LogP contribution in [0.25, 0.3) is 0 Å². The molecule has 1 atom stereocenters. The van der Waals surface area contributed by atoms with E-state index in [1.807, 2.05) is 0 Å². The number of carbonyl (C=O) groups excluding carboxylic acids is 1. The van der Waals surface area contributed by atoms with Crippen molar-refractivity contribution in [3.63, 3.8) is 0 Å². The molecular weight excluding hydrogens is 280 g/mol. The van der Waals surface area contributed by atoms with E-state index in [1.165, 1.54) is 0 Å². The second-order valence-corrected chi connectivity index (χ2v) is 5.65. The quantitative estimate of drug-likeness (QED) is 0.780. The number of halogens is 1. The fraction of sp³-hybridized carbons (Fsp3) is 0.429. The topological polar surface area (TPSA) is 78.4 Å². The highest BCUT2D eigenvalue weighted by Crippen LogP contribution is 2.39. The molecule has 3 N–H and O–H groups in total. The van der Waals surface area contributed by atoms with Gasteiger partial charge in [0.2, 0.25) is 0 Å². The Morgan fingerprint density at radius 3 is 2.45 bits per heavy atom. The van der Waals surface area contributed by atoms with E-state index in [2.05, 4.69) is 10.6 Å². The predicted octanol–water partition coefficient (Wildman–Crippen LogP) is 2.39. The molecule has 0 radical (unpaired) electrons. The van der Waals surface area contributed by atoms with Crippen molar-refractivity contribution in [2.45, 2.75) is 31.8 Å². The van der Waals surface area contributed by atoms with Crippen LogP contribution in [0.1, 0.15) is 25.3 Å². The van der Waals surface area contributed by atoms with Crippen LogP contribution >= 0.6 is 11.6 Å². The fourth-order valence-electron chi connectivity index (χ4n) is 2.06. The number of hydrogen-bond donors (Lipinski definition) is 3. The molecule has 20 heavy (non-hydrogen) atoms. The number of urea groups is 1. The highest BCUT2D eigenvalue weighted by atomic mass is 35.5. The van der Waals surface area contributed by atoms with E-state index >= 15 is 0 Å². The molecule has 0 heterocycles. The number of hydrogen-bond acceptors (Lipinski definition) is 2. The maximum atomic E-state index is 11.8. The summed E-state index contributed by atoms with van der Waals surface area (Å²) in [5, 5.41) is 15.1. The number of rotatable bonds is 5. The molecule has 0 aliphatic heterocycles. The Morgan fingerprint density at radius 2 is 1.95 bits per heavy atom. The first kappa shape index (κ1) is 14.7. The van der Waals surface area contributed by atoms with Crippen molar-refractivity contribution in [3.8, 4) is 0 Å². The van der Waals surface area contributed by atoms with Gasteiger partial charge < -0.3 is 15.7 Å². The van der Waals surface area contributed by atoms with Gasteiger partial charge in [-0.2, -0.15) is 0 Å². The molecule has 1 aromatic rings. The van der Waals surface area contributed by atoms with Gasteiger partial charge in [-0.05, 0) is 43.4 Å². The number of amides is 2.